The van der Waals surface area contributed by atoms with Gasteiger partial charge in [0.05, 0.1) is 13.2 Å². The van der Waals surface area contributed by atoms with Gasteiger partial charge in [0.1, 0.15) is 18.1 Å². The third-order valence-corrected chi connectivity index (χ3v) is 3.19. The molecule has 1 unspecified atom stereocenters. The van der Waals surface area contributed by atoms with Crippen LogP contribution < -0.4 is 14.9 Å². The molecule has 1 aromatic rings. The molecule has 1 aliphatic heterocycles. The molecule has 1 fully saturated rings. The molecule has 2 N–H and O–H groups in total. The van der Waals surface area contributed by atoms with Crippen LogP contribution in [-0.4, -0.2) is 43.6 Å². The van der Waals surface area contributed by atoms with Crippen LogP contribution in [0.1, 0.15) is 19.3 Å². The van der Waals surface area contributed by atoms with Crippen LogP contribution in [0.2, 0.25) is 0 Å². The zero-order valence-electron chi connectivity index (χ0n) is 11.0. The number of hydrogen-bond acceptors (Lipinski definition) is 5. The van der Waals surface area contributed by atoms with Crippen molar-refractivity contribution < 1.29 is 24.3 Å². The molecule has 0 aliphatic carbocycles. The van der Waals surface area contributed by atoms with Crippen LogP contribution in [0, 0.1) is 0 Å². The molecule has 0 radical (unpaired) electrons. The summed E-state index contributed by atoms with van der Waals surface area (Å²) in [6.45, 7) is 1.19. The predicted molar refractivity (Wildman–Crippen MR) is 71.9 cm³/mol. The van der Waals surface area contributed by atoms with E-state index in [0.29, 0.717) is 23.6 Å². The number of hydrogen-bond donors (Lipinski definition) is 2. The van der Waals surface area contributed by atoms with Crippen molar-refractivity contribution in [3.05, 3.63) is 18.2 Å². The maximum Gasteiger partial charge on any atom is 0.492 e. The van der Waals surface area contributed by atoms with E-state index in [1.54, 1.807) is 18.2 Å². The van der Waals surface area contributed by atoms with Gasteiger partial charge < -0.3 is 24.3 Å². The molecule has 1 aromatic carbocycles. The third-order valence-electron chi connectivity index (χ3n) is 3.19. The van der Waals surface area contributed by atoms with Crippen molar-refractivity contribution in [2.45, 2.75) is 25.4 Å². The van der Waals surface area contributed by atoms with Gasteiger partial charge in [0.2, 0.25) is 0 Å². The van der Waals surface area contributed by atoms with Crippen molar-refractivity contribution in [1.29, 1.82) is 0 Å². The van der Waals surface area contributed by atoms with Crippen molar-refractivity contribution in [2.24, 2.45) is 0 Å². The van der Waals surface area contributed by atoms with E-state index in [1.165, 1.54) is 7.11 Å². The Balaban J connectivity index is 2.02. The number of methoxy groups -OCH3 is 1. The molecular formula is C13H19BO5. The normalized spacial score (nSPS) is 19.0. The van der Waals surface area contributed by atoms with Crippen molar-refractivity contribution in [3.63, 3.8) is 0 Å². The summed E-state index contributed by atoms with van der Waals surface area (Å²) in [6.07, 6.45) is 3.30. The number of benzene rings is 1. The van der Waals surface area contributed by atoms with E-state index in [0.717, 1.165) is 25.9 Å². The first kappa shape index (κ1) is 14.2. The Morgan fingerprint density at radius 1 is 1.37 bits per heavy atom. The van der Waals surface area contributed by atoms with E-state index < -0.39 is 7.12 Å². The highest BCUT2D eigenvalue weighted by Crippen LogP contribution is 2.18. The van der Waals surface area contributed by atoms with Gasteiger partial charge in [-0.15, -0.1) is 0 Å². The highest BCUT2D eigenvalue weighted by Gasteiger charge is 2.20. The van der Waals surface area contributed by atoms with E-state index in [1.807, 2.05) is 0 Å². The number of rotatable bonds is 5. The minimum absolute atomic E-state index is 0.0829. The minimum Gasteiger partial charge on any atom is -0.497 e. The summed E-state index contributed by atoms with van der Waals surface area (Å²) in [7, 11) is -0.0587. The monoisotopic (exact) mass is 266 g/mol. The summed E-state index contributed by atoms with van der Waals surface area (Å²) < 4.78 is 16.3. The molecule has 0 amide bonds. The fraction of sp³-hybridized carbons (Fsp3) is 0.538. The lowest BCUT2D eigenvalue weighted by Gasteiger charge is -2.23. The van der Waals surface area contributed by atoms with E-state index in [2.05, 4.69) is 0 Å². The first-order valence-electron chi connectivity index (χ1n) is 6.49. The largest absolute Gasteiger partial charge is 0.497 e. The highest BCUT2D eigenvalue weighted by molar-refractivity contribution is 6.59. The van der Waals surface area contributed by atoms with Gasteiger partial charge >= 0.3 is 7.12 Å². The molecule has 104 valence electrons. The van der Waals surface area contributed by atoms with Crippen LogP contribution >= 0.6 is 0 Å². The van der Waals surface area contributed by atoms with Gasteiger partial charge in [0.15, 0.2) is 0 Å². The van der Waals surface area contributed by atoms with Gasteiger partial charge in [-0.3, -0.25) is 0 Å². The average Bonchev–Trinajstić information content (AvgIpc) is 2.46. The van der Waals surface area contributed by atoms with E-state index in [9.17, 15) is 10.0 Å². The Bertz CT molecular complexity index is 404. The molecule has 0 spiro atoms. The van der Waals surface area contributed by atoms with Gasteiger partial charge in [-0.2, -0.15) is 0 Å². The lowest BCUT2D eigenvalue weighted by molar-refractivity contribution is -0.0109. The van der Waals surface area contributed by atoms with Gasteiger partial charge in [-0.1, -0.05) is 0 Å². The Morgan fingerprint density at radius 2 is 2.21 bits per heavy atom. The first-order valence-corrected chi connectivity index (χ1v) is 6.49. The standard InChI is InChI=1S/C13H19BO5/c1-17-10-5-6-13(12(8-10)14(15)16)19-9-11-4-2-3-7-18-11/h5-6,8,11,15-16H,2-4,7,9H2,1H3. The second-order valence-electron chi connectivity index (χ2n) is 4.58. The van der Waals surface area contributed by atoms with E-state index in [4.69, 9.17) is 14.2 Å². The number of ether oxygens (including phenoxy) is 3. The summed E-state index contributed by atoms with van der Waals surface area (Å²) in [5.74, 6) is 1.01. The van der Waals surface area contributed by atoms with Crippen molar-refractivity contribution in [2.75, 3.05) is 20.3 Å². The van der Waals surface area contributed by atoms with Crippen molar-refractivity contribution in [1.82, 2.24) is 0 Å². The summed E-state index contributed by atoms with van der Waals surface area (Å²) in [6, 6.07) is 4.96. The highest BCUT2D eigenvalue weighted by atomic mass is 16.5. The summed E-state index contributed by atoms with van der Waals surface area (Å²) in [5.41, 5.74) is 0.301. The van der Waals surface area contributed by atoms with Gasteiger partial charge in [0.25, 0.3) is 0 Å². The Labute approximate surface area is 113 Å². The minimum atomic E-state index is -1.59. The summed E-state index contributed by atoms with van der Waals surface area (Å²) in [5, 5.41) is 18.7. The second kappa shape index (κ2) is 6.79. The molecular weight excluding hydrogens is 247 g/mol. The molecule has 19 heavy (non-hydrogen) atoms. The van der Waals surface area contributed by atoms with Gasteiger partial charge in [-0.05, 0) is 37.5 Å². The Kier molecular flexibility index (Phi) is 5.07. The fourth-order valence-electron chi connectivity index (χ4n) is 2.11. The molecule has 1 saturated heterocycles. The SMILES string of the molecule is COc1ccc(OCC2CCCCO2)c(B(O)O)c1. The molecule has 1 aliphatic rings. The molecule has 0 saturated carbocycles. The van der Waals surface area contributed by atoms with Crippen LogP contribution in [0.3, 0.4) is 0 Å². The molecule has 1 atom stereocenters. The fourth-order valence-corrected chi connectivity index (χ4v) is 2.11. The van der Waals surface area contributed by atoms with Crippen LogP contribution in [0.5, 0.6) is 11.5 Å². The zero-order valence-corrected chi connectivity index (χ0v) is 11.0. The third kappa shape index (κ3) is 3.86. The molecule has 5 nitrogen and oxygen atoms in total. The van der Waals surface area contributed by atoms with Crippen LogP contribution in [-0.2, 0) is 4.74 Å². The zero-order chi connectivity index (χ0) is 13.7. The Morgan fingerprint density at radius 3 is 2.84 bits per heavy atom. The molecule has 0 aromatic heterocycles. The predicted octanol–water partition coefficient (Wildman–Crippen LogP) is 0.323. The quantitative estimate of drug-likeness (QED) is 0.751. The van der Waals surface area contributed by atoms with Gasteiger partial charge in [0, 0.05) is 12.1 Å². The van der Waals surface area contributed by atoms with Crippen LogP contribution in [0.15, 0.2) is 18.2 Å². The Hall–Kier alpha value is -1.24. The van der Waals surface area contributed by atoms with Crippen molar-refractivity contribution in [3.8, 4) is 11.5 Å². The smallest absolute Gasteiger partial charge is 0.492 e. The molecule has 1 heterocycles. The lowest BCUT2D eigenvalue weighted by atomic mass is 9.79. The van der Waals surface area contributed by atoms with E-state index >= 15 is 0 Å². The average molecular weight is 266 g/mol. The maximum atomic E-state index is 9.35. The molecule has 6 heteroatoms. The molecule has 2 rings (SSSR count). The van der Waals surface area contributed by atoms with Crippen molar-refractivity contribution >= 4 is 12.6 Å². The topological polar surface area (TPSA) is 68.2 Å². The first-order chi connectivity index (χ1) is 9.20. The lowest BCUT2D eigenvalue weighted by Crippen LogP contribution is -2.33. The maximum absolute atomic E-state index is 9.35. The van der Waals surface area contributed by atoms with Gasteiger partial charge in [-0.25, -0.2) is 0 Å². The summed E-state index contributed by atoms with van der Waals surface area (Å²) >= 11 is 0. The van der Waals surface area contributed by atoms with Crippen LogP contribution in [0.25, 0.3) is 0 Å². The second-order valence-corrected chi connectivity index (χ2v) is 4.58. The van der Waals surface area contributed by atoms with Crippen LogP contribution in [0.4, 0.5) is 0 Å². The molecule has 0 bridgehead atoms. The van der Waals surface area contributed by atoms with E-state index in [-0.39, 0.29) is 6.10 Å². The summed E-state index contributed by atoms with van der Waals surface area (Å²) in [4.78, 5) is 0.